The van der Waals surface area contributed by atoms with Gasteiger partial charge in [-0.15, -0.1) is 0 Å². The molecule has 0 saturated heterocycles. The van der Waals surface area contributed by atoms with Gasteiger partial charge in [0.2, 0.25) is 0 Å². The molecule has 0 spiro atoms. The Morgan fingerprint density at radius 1 is 1.37 bits per heavy atom. The van der Waals surface area contributed by atoms with Gasteiger partial charge < -0.3 is 5.11 Å². The van der Waals surface area contributed by atoms with Crippen LogP contribution in [0.3, 0.4) is 0 Å². The van der Waals surface area contributed by atoms with Crippen LogP contribution in [0.4, 0.5) is 0 Å². The maximum Gasteiger partial charge on any atom is 0.322 e. The largest absolute Gasteiger partial charge is 0.480 e. The SMILES string of the molecule is CC(C)C(C(=O)O)S(=O)(=O)CC1Cc2ccccc21. The van der Waals surface area contributed by atoms with Gasteiger partial charge >= 0.3 is 5.97 Å². The van der Waals surface area contributed by atoms with Gasteiger partial charge in [0.05, 0.1) is 5.75 Å². The standard InChI is InChI=1S/C14H18O4S/c1-9(2)13(14(15)16)19(17,18)8-11-7-10-5-3-4-6-12(10)11/h3-6,9,11,13H,7-8H2,1-2H3,(H,15,16). The molecular formula is C14H18O4S. The fourth-order valence-corrected chi connectivity index (χ4v) is 4.95. The van der Waals surface area contributed by atoms with Crippen molar-refractivity contribution in [1.29, 1.82) is 0 Å². The molecule has 0 heterocycles. The van der Waals surface area contributed by atoms with Crippen molar-refractivity contribution in [3.05, 3.63) is 35.4 Å². The number of carboxylic acid groups (broad SMARTS) is 1. The Morgan fingerprint density at radius 3 is 2.53 bits per heavy atom. The Balaban J connectivity index is 2.18. The number of sulfone groups is 1. The summed E-state index contributed by atoms with van der Waals surface area (Å²) in [6, 6.07) is 7.71. The Bertz CT molecular complexity index is 589. The first kappa shape index (κ1) is 14.1. The molecule has 2 rings (SSSR count). The fraction of sp³-hybridized carbons (Fsp3) is 0.500. The third-order valence-electron chi connectivity index (χ3n) is 3.63. The van der Waals surface area contributed by atoms with Crippen LogP contribution in [0.15, 0.2) is 24.3 Å². The molecule has 0 saturated carbocycles. The molecule has 1 aromatic carbocycles. The zero-order valence-corrected chi connectivity index (χ0v) is 11.9. The van der Waals surface area contributed by atoms with Gasteiger partial charge in [-0.3, -0.25) is 4.79 Å². The lowest BCUT2D eigenvalue weighted by atomic mass is 9.79. The second-order valence-corrected chi connectivity index (χ2v) is 7.60. The van der Waals surface area contributed by atoms with Crippen LogP contribution in [0.1, 0.15) is 30.9 Å². The van der Waals surface area contributed by atoms with E-state index in [1.54, 1.807) is 13.8 Å². The van der Waals surface area contributed by atoms with E-state index < -0.39 is 27.0 Å². The number of hydrogen-bond acceptors (Lipinski definition) is 3. The van der Waals surface area contributed by atoms with E-state index in [9.17, 15) is 13.2 Å². The summed E-state index contributed by atoms with van der Waals surface area (Å²) in [5.74, 6) is -1.79. The molecule has 104 valence electrons. The van der Waals surface area contributed by atoms with Crippen LogP contribution in [0, 0.1) is 5.92 Å². The van der Waals surface area contributed by atoms with Crippen molar-refractivity contribution >= 4 is 15.8 Å². The summed E-state index contributed by atoms with van der Waals surface area (Å²) in [4.78, 5) is 11.1. The average molecular weight is 282 g/mol. The molecule has 2 unspecified atom stereocenters. The van der Waals surface area contributed by atoms with Crippen molar-refractivity contribution < 1.29 is 18.3 Å². The first-order chi connectivity index (χ1) is 8.83. The van der Waals surface area contributed by atoms with E-state index in [4.69, 9.17) is 5.11 Å². The number of carbonyl (C=O) groups is 1. The van der Waals surface area contributed by atoms with E-state index in [2.05, 4.69) is 0 Å². The summed E-state index contributed by atoms with van der Waals surface area (Å²) >= 11 is 0. The molecule has 1 aromatic rings. The number of carboxylic acids is 1. The third kappa shape index (κ3) is 2.66. The van der Waals surface area contributed by atoms with Crippen molar-refractivity contribution in [3.8, 4) is 0 Å². The van der Waals surface area contributed by atoms with E-state index >= 15 is 0 Å². The highest BCUT2D eigenvalue weighted by Crippen LogP contribution is 2.36. The van der Waals surface area contributed by atoms with E-state index in [-0.39, 0.29) is 11.7 Å². The maximum absolute atomic E-state index is 12.2. The third-order valence-corrected chi connectivity index (χ3v) is 6.02. The number of aliphatic carboxylic acids is 1. The van der Waals surface area contributed by atoms with Crippen molar-refractivity contribution in [1.82, 2.24) is 0 Å². The predicted octanol–water partition coefficient (Wildman–Crippen LogP) is 1.85. The van der Waals surface area contributed by atoms with Crippen LogP contribution in [-0.4, -0.2) is 30.5 Å². The van der Waals surface area contributed by atoms with Crippen molar-refractivity contribution in [2.24, 2.45) is 5.92 Å². The van der Waals surface area contributed by atoms with Crippen LogP contribution in [0.25, 0.3) is 0 Å². The van der Waals surface area contributed by atoms with E-state index in [0.29, 0.717) is 0 Å². The normalized spacial score (nSPS) is 19.6. The lowest BCUT2D eigenvalue weighted by Gasteiger charge is -2.31. The van der Waals surface area contributed by atoms with Gasteiger partial charge in [0.1, 0.15) is 0 Å². The van der Waals surface area contributed by atoms with Crippen molar-refractivity contribution in [2.45, 2.75) is 31.4 Å². The van der Waals surface area contributed by atoms with Crippen molar-refractivity contribution in [2.75, 3.05) is 5.75 Å². The Labute approximate surface area is 113 Å². The summed E-state index contributed by atoms with van der Waals surface area (Å²) < 4.78 is 24.5. The van der Waals surface area contributed by atoms with Gasteiger partial charge in [0, 0.05) is 5.92 Å². The Kier molecular flexibility index (Phi) is 3.67. The van der Waals surface area contributed by atoms with E-state index in [1.807, 2.05) is 24.3 Å². The highest BCUT2D eigenvalue weighted by atomic mass is 32.2. The molecule has 0 radical (unpaired) electrons. The quantitative estimate of drug-likeness (QED) is 0.894. The first-order valence-electron chi connectivity index (χ1n) is 6.35. The summed E-state index contributed by atoms with van der Waals surface area (Å²) in [5, 5.41) is 7.79. The number of hydrogen-bond donors (Lipinski definition) is 1. The fourth-order valence-electron chi connectivity index (χ4n) is 2.75. The number of fused-ring (bicyclic) bond motifs is 1. The van der Waals surface area contributed by atoms with Crippen LogP contribution in [0.2, 0.25) is 0 Å². The minimum atomic E-state index is -3.62. The summed E-state index contributed by atoms with van der Waals surface area (Å²) in [5.41, 5.74) is 2.21. The summed E-state index contributed by atoms with van der Waals surface area (Å²) in [7, 11) is -3.62. The molecule has 5 heteroatoms. The van der Waals surface area contributed by atoms with Gasteiger partial charge in [-0.2, -0.15) is 0 Å². The highest BCUT2D eigenvalue weighted by Gasteiger charge is 2.39. The van der Waals surface area contributed by atoms with Gasteiger partial charge in [-0.25, -0.2) is 8.42 Å². The lowest BCUT2D eigenvalue weighted by Crippen LogP contribution is -2.39. The highest BCUT2D eigenvalue weighted by molar-refractivity contribution is 7.92. The topological polar surface area (TPSA) is 71.4 Å². The molecule has 4 nitrogen and oxygen atoms in total. The van der Waals surface area contributed by atoms with Crippen LogP contribution >= 0.6 is 0 Å². The Hall–Kier alpha value is -1.36. The van der Waals surface area contributed by atoms with E-state index in [1.165, 1.54) is 5.56 Å². The molecule has 2 atom stereocenters. The molecule has 0 aromatic heterocycles. The monoisotopic (exact) mass is 282 g/mol. The minimum absolute atomic E-state index is 0.0539. The Morgan fingerprint density at radius 2 is 2.00 bits per heavy atom. The second-order valence-electron chi connectivity index (χ2n) is 5.43. The lowest BCUT2D eigenvalue weighted by molar-refractivity contribution is -0.137. The van der Waals surface area contributed by atoms with Crippen LogP contribution in [0.5, 0.6) is 0 Å². The predicted molar refractivity (Wildman–Crippen MR) is 72.9 cm³/mol. The molecule has 1 aliphatic rings. The van der Waals surface area contributed by atoms with Gasteiger partial charge in [-0.1, -0.05) is 38.1 Å². The molecular weight excluding hydrogens is 264 g/mol. The summed E-state index contributed by atoms with van der Waals surface area (Å²) in [6.45, 7) is 3.26. The average Bonchev–Trinajstić information content (AvgIpc) is 2.24. The van der Waals surface area contributed by atoms with Crippen LogP contribution in [-0.2, 0) is 21.1 Å². The number of rotatable bonds is 5. The smallest absolute Gasteiger partial charge is 0.322 e. The zero-order valence-electron chi connectivity index (χ0n) is 11.0. The van der Waals surface area contributed by atoms with Gasteiger partial charge in [0.25, 0.3) is 0 Å². The molecule has 0 amide bonds. The molecule has 19 heavy (non-hydrogen) atoms. The number of benzene rings is 1. The van der Waals surface area contributed by atoms with Crippen LogP contribution < -0.4 is 0 Å². The molecule has 1 aliphatic carbocycles. The van der Waals surface area contributed by atoms with E-state index in [0.717, 1.165) is 12.0 Å². The second kappa shape index (κ2) is 4.96. The maximum atomic E-state index is 12.2. The minimum Gasteiger partial charge on any atom is -0.480 e. The summed E-state index contributed by atoms with van der Waals surface area (Å²) in [6.07, 6.45) is 0.722. The van der Waals surface area contributed by atoms with Crippen molar-refractivity contribution in [3.63, 3.8) is 0 Å². The molecule has 0 bridgehead atoms. The first-order valence-corrected chi connectivity index (χ1v) is 8.06. The van der Waals surface area contributed by atoms with Gasteiger partial charge in [0.15, 0.2) is 15.1 Å². The molecule has 0 fully saturated rings. The van der Waals surface area contributed by atoms with Gasteiger partial charge in [-0.05, 0) is 23.5 Å². The molecule has 0 aliphatic heterocycles. The molecule has 1 N–H and O–H groups in total. The zero-order chi connectivity index (χ0) is 14.2.